The van der Waals surface area contributed by atoms with Gasteiger partial charge in [-0.05, 0) is 30.7 Å². The highest BCUT2D eigenvalue weighted by Gasteiger charge is 1.99. The molecular weight excluding hydrogens is 318 g/mol. The average Bonchev–Trinajstić information content (AvgIpc) is 2.62. The van der Waals surface area contributed by atoms with Crippen molar-refractivity contribution < 1.29 is 14.6 Å². The number of carbonyl (C=O) groups excluding carboxylic acids is 1. The summed E-state index contributed by atoms with van der Waals surface area (Å²) in [5, 5.41) is 14.5. The number of nitrogens with one attached hydrogen (secondary N) is 2. The first-order valence-electron chi connectivity index (χ1n) is 8.11. The lowest BCUT2D eigenvalue weighted by Crippen LogP contribution is -2.12. The molecule has 0 unspecified atom stereocenters. The fraction of sp³-hybridized carbons (Fsp3) is 0.263. The monoisotopic (exact) mass is 341 g/mol. The van der Waals surface area contributed by atoms with E-state index in [1.54, 1.807) is 24.4 Å². The highest BCUT2D eigenvalue weighted by atomic mass is 16.5. The molecule has 0 aliphatic carbocycles. The summed E-state index contributed by atoms with van der Waals surface area (Å²) in [6.45, 7) is 3.46. The van der Waals surface area contributed by atoms with Gasteiger partial charge in [-0.1, -0.05) is 29.8 Å². The Labute approximate surface area is 147 Å². The SMILES string of the molecule is Cc1ccc(/C=C/C(=O)Nc2ccc(NCCOCCO)nc2)cc1. The summed E-state index contributed by atoms with van der Waals surface area (Å²) in [6, 6.07) is 11.5. The molecule has 1 aromatic carbocycles. The van der Waals surface area contributed by atoms with Crippen molar-refractivity contribution >= 4 is 23.5 Å². The van der Waals surface area contributed by atoms with Gasteiger partial charge >= 0.3 is 0 Å². The number of amides is 1. The number of aromatic nitrogens is 1. The molecule has 0 bridgehead atoms. The van der Waals surface area contributed by atoms with E-state index in [1.807, 2.05) is 31.2 Å². The van der Waals surface area contributed by atoms with Crippen LogP contribution in [0.25, 0.3) is 6.08 Å². The van der Waals surface area contributed by atoms with Gasteiger partial charge in [-0.3, -0.25) is 4.79 Å². The maximum absolute atomic E-state index is 11.9. The summed E-state index contributed by atoms with van der Waals surface area (Å²) in [5.74, 6) is 0.487. The Morgan fingerprint density at radius 2 is 2.00 bits per heavy atom. The minimum atomic E-state index is -0.208. The number of ether oxygens (including phenoxy) is 1. The average molecular weight is 341 g/mol. The molecular formula is C19H23N3O3. The van der Waals surface area contributed by atoms with Crippen molar-refractivity contribution in [2.75, 3.05) is 37.0 Å². The summed E-state index contributed by atoms with van der Waals surface area (Å²) < 4.78 is 5.15. The second-order valence-corrected chi connectivity index (χ2v) is 5.43. The number of hydrogen-bond donors (Lipinski definition) is 3. The van der Waals surface area contributed by atoms with Crippen LogP contribution in [0.2, 0.25) is 0 Å². The number of pyridine rings is 1. The van der Waals surface area contributed by atoms with Crippen molar-refractivity contribution in [1.29, 1.82) is 0 Å². The fourth-order valence-electron chi connectivity index (χ4n) is 2.02. The van der Waals surface area contributed by atoms with Gasteiger partial charge in [0.05, 0.1) is 31.7 Å². The Hall–Kier alpha value is -2.70. The lowest BCUT2D eigenvalue weighted by molar-refractivity contribution is -0.111. The van der Waals surface area contributed by atoms with Crippen molar-refractivity contribution in [3.63, 3.8) is 0 Å². The van der Waals surface area contributed by atoms with Crippen LogP contribution in [-0.4, -0.2) is 42.4 Å². The molecule has 1 heterocycles. The van der Waals surface area contributed by atoms with E-state index in [-0.39, 0.29) is 12.5 Å². The normalized spacial score (nSPS) is 10.8. The number of anilines is 2. The number of hydrogen-bond acceptors (Lipinski definition) is 5. The third-order valence-corrected chi connectivity index (χ3v) is 3.32. The van der Waals surface area contributed by atoms with Crippen molar-refractivity contribution in [2.45, 2.75) is 6.92 Å². The largest absolute Gasteiger partial charge is 0.394 e. The second-order valence-electron chi connectivity index (χ2n) is 5.43. The van der Waals surface area contributed by atoms with Crippen LogP contribution in [-0.2, 0) is 9.53 Å². The molecule has 1 amide bonds. The highest BCUT2D eigenvalue weighted by molar-refractivity contribution is 6.01. The van der Waals surface area contributed by atoms with Crippen LogP contribution in [0.4, 0.5) is 11.5 Å². The molecule has 0 aliphatic rings. The van der Waals surface area contributed by atoms with Crippen molar-refractivity contribution in [3.05, 3.63) is 59.8 Å². The van der Waals surface area contributed by atoms with Gasteiger partial charge in [0.2, 0.25) is 5.91 Å². The predicted molar refractivity (Wildman–Crippen MR) is 99.5 cm³/mol. The predicted octanol–water partition coefficient (Wildman–Crippen LogP) is 2.46. The van der Waals surface area contributed by atoms with Crippen LogP contribution in [0.3, 0.4) is 0 Å². The molecule has 0 aliphatic heterocycles. The van der Waals surface area contributed by atoms with Crippen LogP contribution in [0, 0.1) is 6.92 Å². The van der Waals surface area contributed by atoms with Crippen molar-refractivity contribution in [1.82, 2.24) is 4.98 Å². The van der Waals surface area contributed by atoms with E-state index in [1.165, 1.54) is 11.6 Å². The summed E-state index contributed by atoms with van der Waals surface area (Å²) in [5.41, 5.74) is 2.78. The molecule has 3 N–H and O–H groups in total. The van der Waals surface area contributed by atoms with Crippen LogP contribution < -0.4 is 10.6 Å². The van der Waals surface area contributed by atoms with Crippen LogP contribution >= 0.6 is 0 Å². The van der Waals surface area contributed by atoms with Gasteiger partial charge in [-0.25, -0.2) is 4.98 Å². The third-order valence-electron chi connectivity index (χ3n) is 3.32. The fourth-order valence-corrected chi connectivity index (χ4v) is 2.02. The molecule has 0 radical (unpaired) electrons. The summed E-state index contributed by atoms with van der Waals surface area (Å²) in [7, 11) is 0. The van der Waals surface area contributed by atoms with Gasteiger partial charge in [0.25, 0.3) is 0 Å². The van der Waals surface area contributed by atoms with E-state index >= 15 is 0 Å². The molecule has 0 saturated carbocycles. The highest BCUT2D eigenvalue weighted by Crippen LogP contribution is 2.10. The number of benzene rings is 1. The molecule has 0 fully saturated rings. The quantitative estimate of drug-likeness (QED) is 0.482. The summed E-state index contributed by atoms with van der Waals surface area (Å²) >= 11 is 0. The number of nitrogens with zero attached hydrogens (tertiary/aromatic N) is 1. The number of aliphatic hydroxyl groups is 1. The van der Waals surface area contributed by atoms with Gasteiger partial charge in [-0.2, -0.15) is 0 Å². The zero-order valence-corrected chi connectivity index (χ0v) is 14.2. The maximum Gasteiger partial charge on any atom is 0.248 e. The van der Waals surface area contributed by atoms with E-state index in [9.17, 15) is 4.79 Å². The molecule has 0 saturated heterocycles. The molecule has 0 atom stereocenters. The van der Waals surface area contributed by atoms with E-state index in [0.717, 1.165) is 5.56 Å². The van der Waals surface area contributed by atoms with Crippen molar-refractivity contribution in [2.24, 2.45) is 0 Å². The summed E-state index contributed by atoms with van der Waals surface area (Å²) in [4.78, 5) is 16.2. The topological polar surface area (TPSA) is 83.5 Å². The van der Waals surface area contributed by atoms with E-state index in [0.29, 0.717) is 31.3 Å². The van der Waals surface area contributed by atoms with E-state index in [4.69, 9.17) is 9.84 Å². The van der Waals surface area contributed by atoms with Gasteiger partial charge in [0, 0.05) is 12.6 Å². The van der Waals surface area contributed by atoms with Gasteiger partial charge < -0.3 is 20.5 Å². The van der Waals surface area contributed by atoms with Gasteiger partial charge in [0.1, 0.15) is 5.82 Å². The minimum absolute atomic E-state index is 0.0189. The molecule has 6 heteroatoms. The molecule has 2 aromatic rings. The zero-order valence-electron chi connectivity index (χ0n) is 14.2. The van der Waals surface area contributed by atoms with E-state index in [2.05, 4.69) is 15.6 Å². The Morgan fingerprint density at radius 3 is 2.68 bits per heavy atom. The molecule has 2 rings (SSSR count). The maximum atomic E-state index is 11.9. The van der Waals surface area contributed by atoms with Crippen LogP contribution in [0.15, 0.2) is 48.7 Å². The number of aliphatic hydroxyl groups excluding tert-OH is 1. The first-order valence-corrected chi connectivity index (χ1v) is 8.11. The Morgan fingerprint density at radius 1 is 1.20 bits per heavy atom. The van der Waals surface area contributed by atoms with Crippen LogP contribution in [0.1, 0.15) is 11.1 Å². The Bertz CT molecular complexity index is 682. The molecule has 1 aromatic heterocycles. The second kappa shape index (κ2) is 10.2. The Kier molecular flexibility index (Phi) is 7.62. The smallest absolute Gasteiger partial charge is 0.248 e. The molecule has 6 nitrogen and oxygen atoms in total. The number of aryl methyl sites for hydroxylation is 1. The zero-order chi connectivity index (χ0) is 17.9. The molecule has 0 spiro atoms. The molecule has 25 heavy (non-hydrogen) atoms. The van der Waals surface area contributed by atoms with Gasteiger partial charge in [-0.15, -0.1) is 0 Å². The standard InChI is InChI=1S/C19H23N3O3/c1-15-2-4-16(5-3-15)6-9-19(24)22-17-7-8-18(21-14-17)20-10-12-25-13-11-23/h2-9,14,23H,10-13H2,1H3,(H,20,21)(H,22,24)/b9-6+. The third kappa shape index (κ3) is 7.15. The van der Waals surface area contributed by atoms with Crippen molar-refractivity contribution in [3.8, 4) is 0 Å². The lowest BCUT2D eigenvalue weighted by Gasteiger charge is -2.07. The van der Waals surface area contributed by atoms with Crippen LogP contribution in [0.5, 0.6) is 0 Å². The first kappa shape index (κ1) is 18.6. The minimum Gasteiger partial charge on any atom is -0.394 e. The summed E-state index contributed by atoms with van der Waals surface area (Å²) in [6.07, 6.45) is 4.86. The van der Waals surface area contributed by atoms with E-state index < -0.39 is 0 Å². The Balaban J connectivity index is 1.78. The first-order chi connectivity index (χ1) is 12.2. The number of rotatable bonds is 9. The molecule has 132 valence electrons. The van der Waals surface area contributed by atoms with Gasteiger partial charge in [0.15, 0.2) is 0 Å². The lowest BCUT2D eigenvalue weighted by atomic mass is 10.1. The number of carbonyl (C=O) groups is 1.